The first kappa shape index (κ1) is 24.2. The highest BCUT2D eigenvalue weighted by molar-refractivity contribution is 5.85. The van der Waals surface area contributed by atoms with Crippen molar-refractivity contribution >= 4 is 24.2 Å². The van der Waals surface area contributed by atoms with Crippen LogP contribution in [0.15, 0.2) is 48.5 Å². The molecule has 2 rings (SSSR count). The Bertz CT molecular complexity index is 782. The first-order chi connectivity index (χ1) is 13.4. The molecule has 1 unspecified atom stereocenters. The third kappa shape index (κ3) is 7.97. The number of rotatable bonds is 9. The Labute approximate surface area is 176 Å². The molecule has 0 fully saturated rings. The Morgan fingerprint density at radius 2 is 1.69 bits per heavy atom. The summed E-state index contributed by atoms with van der Waals surface area (Å²) in [6.45, 7) is 2.72. The van der Waals surface area contributed by atoms with Gasteiger partial charge in [0.15, 0.2) is 6.23 Å². The van der Waals surface area contributed by atoms with Crippen LogP contribution >= 0.6 is 12.4 Å². The SMILES string of the molecule is CCNC(CCc1ccc(OC(=O)N(C)C)cc1)Oc1ccc([N+](=O)[O-])cc1.Cl. The lowest BCUT2D eigenvalue weighted by Crippen LogP contribution is -2.34. The molecule has 0 aliphatic rings. The van der Waals surface area contributed by atoms with Crippen LogP contribution in [0.3, 0.4) is 0 Å². The van der Waals surface area contributed by atoms with Crippen molar-refractivity contribution in [2.24, 2.45) is 0 Å². The van der Waals surface area contributed by atoms with Crippen molar-refractivity contribution < 1.29 is 19.2 Å². The Morgan fingerprint density at radius 1 is 1.10 bits per heavy atom. The van der Waals surface area contributed by atoms with Crippen LogP contribution in [-0.2, 0) is 6.42 Å². The summed E-state index contributed by atoms with van der Waals surface area (Å²) in [6, 6.07) is 13.4. The van der Waals surface area contributed by atoms with E-state index < -0.39 is 11.0 Å². The van der Waals surface area contributed by atoms with Gasteiger partial charge in [0.1, 0.15) is 11.5 Å². The molecule has 2 aromatic carbocycles. The number of nitro groups is 1. The molecule has 2 aromatic rings. The monoisotopic (exact) mass is 423 g/mol. The van der Waals surface area contributed by atoms with Gasteiger partial charge in [0, 0.05) is 32.6 Å². The smallest absolute Gasteiger partial charge is 0.414 e. The molecule has 158 valence electrons. The highest BCUT2D eigenvalue weighted by Crippen LogP contribution is 2.20. The molecule has 1 N–H and O–H groups in total. The van der Waals surface area contributed by atoms with Gasteiger partial charge in [-0.3, -0.25) is 15.4 Å². The summed E-state index contributed by atoms with van der Waals surface area (Å²) >= 11 is 0. The van der Waals surface area contributed by atoms with E-state index in [1.807, 2.05) is 19.1 Å². The molecular weight excluding hydrogens is 398 g/mol. The van der Waals surface area contributed by atoms with Gasteiger partial charge in [-0.05, 0) is 42.8 Å². The summed E-state index contributed by atoms with van der Waals surface area (Å²) in [4.78, 5) is 23.2. The van der Waals surface area contributed by atoms with Crippen LogP contribution in [0, 0.1) is 10.1 Å². The fourth-order valence-electron chi connectivity index (χ4n) is 2.46. The van der Waals surface area contributed by atoms with Gasteiger partial charge in [0.25, 0.3) is 5.69 Å². The molecule has 8 nitrogen and oxygen atoms in total. The standard InChI is InChI=1S/C20H25N3O5.ClH/c1-4-21-19(27-17-12-8-16(9-13-17)23(25)26)14-7-15-5-10-18(11-6-15)28-20(24)22(2)3;/h5-6,8-13,19,21H,4,7,14H2,1-3H3;1H. The third-order valence-corrected chi connectivity index (χ3v) is 3.95. The van der Waals surface area contributed by atoms with E-state index in [2.05, 4.69) is 5.32 Å². The second kappa shape index (κ2) is 11.9. The van der Waals surface area contributed by atoms with Crippen LogP contribution < -0.4 is 14.8 Å². The topological polar surface area (TPSA) is 93.9 Å². The zero-order valence-corrected chi connectivity index (χ0v) is 17.5. The maximum absolute atomic E-state index is 11.6. The number of nitro benzene ring substituents is 1. The number of halogens is 1. The maximum atomic E-state index is 11.6. The molecule has 1 atom stereocenters. The summed E-state index contributed by atoms with van der Waals surface area (Å²) in [7, 11) is 3.25. The van der Waals surface area contributed by atoms with E-state index in [0.717, 1.165) is 18.5 Å². The van der Waals surface area contributed by atoms with E-state index in [-0.39, 0.29) is 24.3 Å². The average Bonchev–Trinajstić information content (AvgIpc) is 2.67. The molecule has 0 bridgehead atoms. The second-order valence-electron chi connectivity index (χ2n) is 6.36. The highest BCUT2D eigenvalue weighted by Gasteiger charge is 2.12. The molecule has 1 amide bonds. The molecule has 0 aromatic heterocycles. The number of nitrogens with zero attached hydrogens (tertiary/aromatic N) is 2. The van der Waals surface area contributed by atoms with Crippen LogP contribution in [0.2, 0.25) is 0 Å². The zero-order valence-electron chi connectivity index (χ0n) is 16.7. The lowest BCUT2D eigenvalue weighted by molar-refractivity contribution is -0.384. The molecule has 0 spiro atoms. The molecule has 0 radical (unpaired) electrons. The number of ether oxygens (including phenoxy) is 2. The highest BCUT2D eigenvalue weighted by atomic mass is 35.5. The Kier molecular flexibility index (Phi) is 9.91. The summed E-state index contributed by atoms with van der Waals surface area (Å²) in [5.74, 6) is 1.07. The van der Waals surface area contributed by atoms with Crippen molar-refractivity contribution in [3.8, 4) is 11.5 Å². The van der Waals surface area contributed by atoms with Crippen molar-refractivity contribution in [3.63, 3.8) is 0 Å². The van der Waals surface area contributed by atoms with Gasteiger partial charge in [-0.2, -0.15) is 0 Å². The van der Waals surface area contributed by atoms with Crippen molar-refractivity contribution in [2.75, 3.05) is 20.6 Å². The number of aryl methyl sites for hydroxylation is 1. The van der Waals surface area contributed by atoms with Crippen LogP contribution in [-0.4, -0.2) is 42.8 Å². The summed E-state index contributed by atoms with van der Waals surface area (Å²) in [5, 5.41) is 14.0. The van der Waals surface area contributed by atoms with Gasteiger partial charge in [0.2, 0.25) is 0 Å². The summed E-state index contributed by atoms with van der Waals surface area (Å²) in [5.41, 5.74) is 1.11. The summed E-state index contributed by atoms with van der Waals surface area (Å²) in [6.07, 6.45) is 0.822. The van der Waals surface area contributed by atoms with E-state index in [1.165, 1.54) is 17.0 Å². The lowest BCUT2D eigenvalue weighted by Gasteiger charge is -2.20. The molecule has 9 heteroatoms. The minimum absolute atomic E-state index is 0. The van der Waals surface area contributed by atoms with Crippen LogP contribution in [0.1, 0.15) is 18.9 Å². The van der Waals surface area contributed by atoms with Crippen LogP contribution in [0.25, 0.3) is 0 Å². The molecule has 0 aliphatic carbocycles. The number of hydrogen-bond acceptors (Lipinski definition) is 6. The van der Waals surface area contributed by atoms with Crippen LogP contribution in [0.4, 0.5) is 10.5 Å². The molecular formula is C20H26ClN3O5. The minimum atomic E-state index is -0.439. The van der Waals surface area contributed by atoms with Crippen molar-refractivity contribution in [1.82, 2.24) is 10.2 Å². The Balaban J connectivity index is 0.00000420. The third-order valence-electron chi connectivity index (χ3n) is 3.95. The predicted octanol–water partition coefficient (Wildman–Crippen LogP) is 4.02. The van der Waals surface area contributed by atoms with Gasteiger partial charge >= 0.3 is 6.09 Å². The molecule has 0 saturated heterocycles. The number of hydrogen-bond donors (Lipinski definition) is 1. The number of nitrogens with one attached hydrogen (secondary N) is 1. The van der Waals surface area contributed by atoms with E-state index >= 15 is 0 Å². The number of benzene rings is 2. The molecule has 0 heterocycles. The predicted molar refractivity (Wildman–Crippen MR) is 113 cm³/mol. The first-order valence-corrected chi connectivity index (χ1v) is 9.01. The van der Waals surface area contributed by atoms with Crippen LogP contribution in [0.5, 0.6) is 11.5 Å². The van der Waals surface area contributed by atoms with Crippen molar-refractivity contribution in [3.05, 3.63) is 64.2 Å². The first-order valence-electron chi connectivity index (χ1n) is 9.01. The number of carbonyl (C=O) groups excluding carboxylic acids is 1. The van der Waals surface area contributed by atoms with E-state index in [4.69, 9.17) is 9.47 Å². The van der Waals surface area contributed by atoms with Gasteiger partial charge in [-0.15, -0.1) is 12.4 Å². The number of amides is 1. The number of carbonyl (C=O) groups is 1. The molecule has 29 heavy (non-hydrogen) atoms. The largest absolute Gasteiger partial charge is 0.475 e. The zero-order chi connectivity index (χ0) is 20.5. The van der Waals surface area contributed by atoms with Crippen molar-refractivity contribution in [2.45, 2.75) is 26.0 Å². The summed E-state index contributed by atoms with van der Waals surface area (Å²) < 4.78 is 11.1. The van der Waals surface area contributed by atoms with E-state index in [1.54, 1.807) is 38.4 Å². The Morgan fingerprint density at radius 3 is 2.21 bits per heavy atom. The number of non-ortho nitro benzene ring substituents is 1. The molecule has 0 aliphatic heterocycles. The van der Waals surface area contributed by atoms with E-state index in [0.29, 0.717) is 17.9 Å². The van der Waals surface area contributed by atoms with Gasteiger partial charge in [-0.25, -0.2) is 4.79 Å². The average molecular weight is 424 g/mol. The lowest BCUT2D eigenvalue weighted by atomic mass is 10.1. The minimum Gasteiger partial charge on any atom is -0.475 e. The fraction of sp³-hybridized carbons (Fsp3) is 0.350. The van der Waals surface area contributed by atoms with E-state index in [9.17, 15) is 14.9 Å². The Hall–Kier alpha value is -2.84. The van der Waals surface area contributed by atoms with Gasteiger partial charge < -0.3 is 14.4 Å². The van der Waals surface area contributed by atoms with Gasteiger partial charge in [-0.1, -0.05) is 19.1 Å². The second-order valence-corrected chi connectivity index (χ2v) is 6.36. The van der Waals surface area contributed by atoms with Gasteiger partial charge in [0.05, 0.1) is 4.92 Å². The maximum Gasteiger partial charge on any atom is 0.414 e. The fourth-order valence-corrected chi connectivity index (χ4v) is 2.46. The molecule has 0 saturated carbocycles. The normalized spacial score (nSPS) is 11.1. The quantitative estimate of drug-likeness (QED) is 0.372. The van der Waals surface area contributed by atoms with Crippen molar-refractivity contribution in [1.29, 1.82) is 0 Å².